The molecule has 0 aliphatic rings. The maximum absolute atomic E-state index is 4.24. The molecule has 0 atom stereocenters. The molecular weight excluding hydrogens is 186 g/mol. The van der Waals surface area contributed by atoms with E-state index in [4.69, 9.17) is 0 Å². The Morgan fingerprint density at radius 3 is 2.53 bits per heavy atom. The van der Waals surface area contributed by atoms with Crippen LogP contribution in [0.2, 0.25) is 0 Å². The number of hydrogen-bond acceptors (Lipinski definition) is 3. The summed E-state index contributed by atoms with van der Waals surface area (Å²) in [4.78, 5) is 8.21. The SMILES string of the molecule is c1ccc(CNCc2ccncc2)nc1. The number of pyridine rings is 2. The Balaban J connectivity index is 1.81. The van der Waals surface area contributed by atoms with Gasteiger partial charge in [0.05, 0.1) is 5.69 Å². The maximum Gasteiger partial charge on any atom is 0.0541 e. The monoisotopic (exact) mass is 199 g/mol. The highest BCUT2D eigenvalue weighted by Gasteiger charge is 1.93. The molecule has 0 saturated carbocycles. The van der Waals surface area contributed by atoms with Gasteiger partial charge in [0.15, 0.2) is 0 Å². The van der Waals surface area contributed by atoms with Gasteiger partial charge in [0.1, 0.15) is 0 Å². The van der Waals surface area contributed by atoms with Gasteiger partial charge < -0.3 is 5.32 Å². The third kappa shape index (κ3) is 3.14. The summed E-state index contributed by atoms with van der Waals surface area (Å²) in [7, 11) is 0. The zero-order chi connectivity index (χ0) is 10.3. The van der Waals surface area contributed by atoms with Crippen molar-refractivity contribution in [1.29, 1.82) is 0 Å². The minimum absolute atomic E-state index is 0.795. The highest BCUT2D eigenvalue weighted by Crippen LogP contribution is 1.97. The molecule has 0 spiro atoms. The Morgan fingerprint density at radius 2 is 1.80 bits per heavy atom. The first-order valence-corrected chi connectivity index (χ1v) is 4.95. The average Bonchev–Trinajstić information content (AvgIpc) is 2.32. The number of hydrogen-bond donors (Lipinski definition) is 1. The van der Waals surface area contributed by atoms with E-state index in [1.165, 1.54) is 5.56 Å². The quantitative estimate of drug-likeness (QED) is 0.815. The lowest BCUT2D eigenvalue weighted by Gasteiger charge is -2.03. The van der Waals surface area contributed by atoms with E-state index in [1.54, 1.807) is 12.4 Å². The molecule has 1 N–H and O–H groups in total. The topological polar surface area (TPSA) is 37.8 Å². The lowest BCUT2D eigenvalue weighted by molar-refractivity contribution is 0.679. The second-order valence-corrected chi connectivity index (χ2v) is 3.28. The highest BCUT2D eigenvalue weighted by molar-refractivity contribution is 5.09. The molecule has 0 fully saturated rings. The van der Waals surface area contributed by atoms with Crippen LogP contribution in [0.4, 0.5) is 0 Å². The first kappa shape index (κ1) is 9.80. The van der Waals surface area contributed by atoms with Crippen LogP contribution < -0.4 is 5.32 Å². The average molecular weight is 199 g/mol. The second-order valence-electron chi connectivity index (χ2n) is 3.28. The van der Waals surface area contributed by atoms with Crippen molar-refractivity contribution in [3.05, 3.63) is 60.2 Å². The number of nitrogens with zero attached hydrogens (tertiary/aromatic N) is 2. The molecule has 3 heteroatoms. The van der Waals surface area contributed by atoms with Crippen molar-refractivity contribution in [2.24, 2.45) is 0 Å². The van der Waals surface area contributed by atoms with Crippen LogP contribution in [0, 0.1) is 0 Å². The van der Waals surface area contributed by atoms with Gasteiger partial charge in [0, 0.05) is 31.7 Å². The van der Waals surface area contributed by atoms with E-state index < -0.39 is 0 Å². The van der Waals surface area contributed by atoms with Crippen LogP contribution >= 0.6 is 0 Å². The van der Waals surface area contributed by atoms with E-state index in [9.17, 15) is 0 Å². The number of rotatable bonds is 4. The summed E-state index contributed by atoms with van der Waals surface area (Å²) >= 11 is 0. The fraction of sp³-hybridized carbons (Fsp3) is 0.167. The van der Waals surface area contributed by atoms with E-state index >= 15 is 0 Å². The van der Waals surface area contributed by atoms with Gasteiger partial charge in [-0.3, -0.25) is 9.97 Å². The lowest BCUT2D eigenvalue weighted by atomic mass is 10.2. The summed E-state index contributed by atoms with van der Waals surface area (Å²) in [6, 6.07) is 9.94. The molecule has 0 unspecified atom stereocenters. The summed E-state index contributed by atoms with van der Waals surface area (Å²) in [6.45, 7) is 1.64. The molecule has 76 valence electrons. The fourth-order valence-electron chi connectivity index (χ4n) is 1.34. The summed E-state index contributed by atoms with van der Waals surface area (Å²) in [5, 5.41) is 3.33. The summed E-state index contributed by atoms with van der Waals surface area (Å²) in [5.41, 5.74) is 2.30. The molecule has 2 rings (SSSR count). The van der Waals surface area contributed by atoms with Gasteiger partial charge in [-0.25, -0.2) is 0 Å². The number of nitrogens with one attached hydrogen (secondary N) is 1. The molecule has 0 aliphatic carbocycles. The van der Waals surface area contributed by atoms with Gasteiger partial charge in [-0.2, -0.15) is 0 Å². The van der Waals surface area contributed by atoms with Crippen LogP contribution in [0.25, 0.3) is 0 Å². The molecule has 2 aromatic heterocycles. The normalized spacial score (nSPS) is 10.1. The van der Waals surface area contributed by atoms with Gasteiger partial charge in [-0.05, 0) is 29.8 Å². The molecule has 0 aromatic carbocycles. The van der Waals surface area contributed by atoms with Crippen molar-refractivity contribution in [3.63, 3.8) is 0 Å². The Bertz CT molecular complexity index is 347. The standard InChI is InChI=1S/C12H13N3/c1-2-6-15-12(3-1)10-14-9-11-4-7-13-8-5-11/h1-8,14H,9-10H2. The van der Waals surface area contributed by atoms with Crippen LogP contribution in [-0.2, 0) is 13.1 Å². The molecule has 0 amide bonds. The minimum Gasteiger partial charge on any atom is -0.307 e. The fourth-order valence-corrected chi connectivity index (χ4v) is 1.34. The molecule has 0 saturated heterocycles. The van der Waals surface area contributed by atoms with Gasteiger partial charge in [-0.15, -0.1) is 0 Å². The lowest BCUT2D eigenvalue weighted by Crippen LogP contribution is -2.13. The second kappa shape index (κ2) is 5.22. The molecular formula is C12H13N3. The molecule has 3 nitrogen and oxygen atoms in total. The van der Waals surface area contributed by atoms with Gasteiger partial charge in [0.2, 0.25) is 0 Å². The molecule has 0 bridgehead atoms. The van der Waals surface area contributed by atoms with Crippen LogP contribution in [0.15, 0.2) is 48.9 Å². The van der Waals surface area contributed by atoms with Crippen molar-refractivity contribution in [2.45, 2.75) is 13.1 Å². The molecule has 15 heavy (non-hydrogen) atoms. The Labute approximate surface area is 89.2 Å². The zero-order valence-corrected chi connectivity index (χ0v) is 8.43. The zero-order valence-electron chi connectivity index (χ0n) is 8.43. The predicted molar refractivity (Wildman–Crippen MR) is 59.0 cm³/mol. The highest BCUT2D eigenvalue weighted by atomic mass is 14.9. The summed E-state index contributed by atoms with van der Waals surface area (Å²) in [5.74, 6) is 0. The van der Waals surface area contributed by atoms with Crippen LogP contribution in [-0.4, -0.2) is 9.97 Å². The number of aromatic nitrogens is 2. The van der Waals surface area contributed by atoms with Crippen molar-refractivity contribution in [3.8, 4) is 0 Å². The largest absolute Gasteiger partial charge is 0.307 e. The smallest absolute Gasteiger partial charge is 0.0541 e. The van der Waals surface area contributed by atoms with Crippen molar-refractivity contribution in [1.82, 2.24) is 15.3 Å². The van der Waals surface area contributed by atoms with E-state index in [1.807, 2.05) is 36.5 Å². The van der Waals surface area contributed by atoms with Crippen LogP contribution in [0.5, 0.6) is 0 Å². The third-order valence-electron chi connectivity index (χ3n) is 2.11. The maximum atomic E-state index is 4.24. The molecule has 0 aliphatic heterocycles. The molecule has 2 heterocycles. The first-order chi connectivity index (χ1) is 7.45. The Hall–Kier alpha value is -1.74. The van der Waals surface area contributed by atoms with Crippen LogP contribution in [0.3, 0.4) is 0 Å². The van der Waals surface area contributed by atoms with E-state index in [2.05, 4.69) is 15.3 Å². The van der Waals surface area contributed by atoms with Gasteiger partial charge in [-0.1, -0.05) is 6.07 Å². The van der Waals surface area contributed by atoms with Crippen LogP contribution in [0.1, 0.15) is 11.3 Å². The third-order valence-corrected chi connectivity index (χ3v) is 2.11. The van der Waals surface area contributed by atoms with E-state index in [0.29, 0.717) is 0 Å². The Kier molecular flexibility index (Phi) is 3.41. The van der Waals surface area contributed by atoms with Crippen molar-refractivity contribution >= 4 is 0 Å². The predicted octanol–water partition coefficient (Wildman–Crippen LogP) is 1.77. The molecule has 2 aromatic rings. The summed E-state index contributed by atoms with van der Waals surface area (Å²) < 4.78 is 0. The minimum atomic E-state index is 0.795. The van der Waals surface area contributed by atoms with Gasteiger partial charge in [0.25, 0.3) is 0 Å². The summed E-state index contributed by atoms with van der Waals surface area (Å²) in [6.07, 6.45) is 5.42. The van der Waals surface area contributed by atoms with Crippen molar-refractivity contribution < 1.29 is 0 Å². The molecule has 0 radical (unpaired) electrons. The van der Waals surface area contributed by atoms with E-state index in [0.717, 1.165) is 18.8 Å². The Morgan fingerprint density at radius 1 is 0.933 bits per heavy atom. The van der Waals surface area contributed by atoms with Crippen molar-refractivity contribution in [2.75, 3.05) is 0 Å². The van der Waals surface area contributed by atoms with E-state index in [-0.39, 0.29) is 0 Å². The van der Waals surface area contributed by atoms with Gasteiger partial charge >= 0.3 is 0 Å². The first-order valence-electron chi connectivity index (χ1n) is 4.95.